The zero-order valence-corrected chi connectivity index (χ0v) is 19.6. The predicted molar refractivity (Wildman–Crippen MR) is 133 cm³/mol. The summed E-state index contributed by atoms with van der Waals surface area (Å²) >= 11 is 1.90. The Morgan fingerprint density at radius 1 is 1.13 bits per heavy atom. The van der Waals surface area contributed by atoms with Crippen LogP contribution in [-0.4, -0.2) is 6.54 Å². The Labute approximate surface area is 189 Å². The van der Waals surface area contributed by atoms with E-state index >= 15 is 0 Å². The predicted octanol–water partition coefficient (Wildman–Crippen LogP) is 6.64. The molecule has 156 valence electrons. The first kappa shape index (κ1) is 20.1. The van der Waals surface area contributed by atoms with E-state index in [2.05, 4.69) is 104 Å². The molecule has 5 rings (SSSR count). The summed E-state index contributed by atoms with van der Waals surface area (Å²) in [6.07, 6.45) is 13.6. The van der Waals surface area contributed by atoms with Crippen LogP contribution in [-0.2, 0) is 13.5 Å². The smallest absolute Gasteiger partial charge is 0.213 e. The number of fused-ring (bicyclic) bond motifs is 1. The van der Waals surface area contributed by atoms with Crippen LogP contribution >= 0.6 is 11.8 Å². The van der Waals surface area contributed by atoms with Crippen molar-refractivity contribution in [1.82, 2.24) is 0 Å². The van der Waals surface area contributed by atoms with Crippen molar-refractivity contribution < 1.29 is 4.57 Å². The molecule has 0 spiro atoms. The van der Waals surface area contributed by atoms with Crippen molar-refractivity contribution in [1.29, 1.82) is 0 Å². The molecular weight excluding hydrogens is 396 g/mol. The highest BCUT2D eigenvalue weighted by atomic mass is 32.2. The summed E-state index contributed by atoms with van der Waals surface area (Å²) in [5.74, 6) is 0. The molecule has 0 N–H and O–H groups in total. The Morgan fingerprint density at radius 3 is 2.84 bits per heavy atom. The maximum Gasteiger partial charge on any atom is 0.213 e. The number of pyridine rings is 1. The lowest BCUT2D eigenvalue weighted by atomic mass is 10.0. The molecule has 1 aromatic heterocycles. The van der Waals surface area contributed by atoms with Crippen molar-refractivity contribution in [2.24, 2.45) is 7.05 Å². The average Bonchev–Trinajstić information content (AvgIpc) is 3.13. The highest BCUT2D eigenvalue weighted by molar-refractivity contribution is 8.03. The van der Waals surface area contributed by atoms with Crippen LogP contribution in [0.4, 0.5) is 5.69 Å². The molecule has 0 bridgehead atoms. The van der Waals surface area contributed by atoms with Gasteiger partial charge in [0.15, 0.2) is 6.20 Å². The number of anilines is 1. The van der Waals surface area contributed by atoms with Crippen molar-refractivity contribution in [2.75, 3.05) is 11.4 Å². The Kier molecular flexibility index (Phi) is 5.23. The van der Waals surface area contributed by atoms with E-state index in [0.717, 1.165) is 6.54 Å². The molecule has 0 fully saturated rings. The molecule has 0 saturated heterocycles. The van der Waals surface area contributed by atoms with Gasteiger partial charge in [0.2, 0.25) is 5.52 Å². The molecule has 0 radical (unpaired) electrons. The zero-order valence-electron chi connectivity index (χ0n) is 18.8. The van der Waals surface area contributed by atoms with Gasteiger partial charge in [-0.2, -0.15) is 0 Å². The Balaban J connectivity index is 1.42. The highest BCUT2D eigenvalue weighted by Gasteiger charge is 2.29. The minimum atomic E-state index is 1.12. The lowest BCUT2D eigenvalue weighted by molar-refractivity contribution is -0.644. The number of hydrogen-bond donors (Lipinski definition) is 0. The topological polar surface area (TPSA) is 7.12 Å². The molecule has 3 aromatic rings. The number of aromatic nitrogens is 1. The molecule has 0 aliphatic carbocycles. The molecule has 2 aliphatic rings. The SMILES string of the molecule is CC(/C=C/c1cc[n+](C)c2cc(C)c(C)cc12)=C\C=C1/Sc2cccc3c2N1CCC3. The fourth-order valence-electron chi connectivity index (χ4n) is 4.52. The maximum absolute atomic E-state index is 2.50. The van der Waals surface area contributed by atoms with Crippen molar-refractivity contribution in [2.45, 2.75) is 38.5 Å². The summed E-state index contributed by atoms with van der Waals surface area (Å²) < 4.78 is 2.20. The fraction of sp³-hybridized carbons (Fsp3) is 0.250. The number of rotatable bonds is 3. The van der Waals surface area contributed by atoms with E-state index < -0.39 is 0 Å². The van der Waals surface area contributed by atoms with E-state index in [-0.39, 0.29) is 0 Å². The summed E-state index contributed by atoms with van der Waals surface area (Å²) in [5.41, 5.74) is 9.41. The molecule has 2 nitrogen and oxygen atoms in total. The number of benzene rings is 2. The Morgan fingerprint density at radius 2 is 1.97 bits per heavy atom. The van der Waals surface area contributed by atoms with Crippen molar-refractivity contribution in [3.05, 3.63) is 93.7 Å². The molecule has 2 aromatic carbocycles. The molecular formula is C28H29N2S+. The van der Waals surface area contributed by atoms with Crippen LogP contribution in [0, 0.1) is 13.8 Å². The van der Waals surface area contributed by atoms with Crippen molar-refractivity contribution in [3.63, 3.8) is 0 Å². The average molecular weight is 426 g/mol. The minimum absolute atomic E-state index is 1.12. The second-order valence-electron chi connectivity index (χ2n) is 8.71. The Hall–Kier alpha value is -2.78. The van der Waals surface area contributed by atoms with E-state index in [1.807, 2.05) is 11.8 Å². The van der Waals surface area contributed by atoms with Gasteiger partial charge in [-0.3, -0.25) is 0 Å². The standard InChI is InChI=1S/C28H29N2S/c1-19(10-12-22-14-16-29(4)25-18-21(3)20(2)17-24(22)25)11-13-27-30-15-6-8-23-7-5-9-26(31-27)28(23)30/h5,7,9-14,16-18H,6,8,15H2,1-4H3/q+1. The normalized spacial score (nSPS) is 17.2. The number of hydrogen-bond acceptors (Lipinski definition) is 2. The van der Waals surface area contributed by atoms with Crippen LogP contribution in [0.5, 0.6) is 0 Å². The van der Waals surface area contributed by atoms with Crippen LogP contribution in [0.15, 0.2) is 76.3 Å². The lowest BCUT2D eigenvalue weighted by Crippen LogP contribution is -2.28. The van der Waals surface area contributed by atoms with Gasteiger partial charge in [-0.05, 0) is 74.1 Å². The quantitative estimate of drug-likeness (QED) is 0.343. The van der Waals surface area contributed by atoms with Crippen molar-refractivity contribution in [3.8, 4) is 0 Å². The van der Waals surface area contributed by atoms with Crippen LogP contribution in [0.3, 0.4) is 0 Å². The van der Waals surface area contributed by atoms with Gasteiger partial charge in [0.05, 0.1) is 16.1 Å². The number of para-hydroxylation sites is 1. The maximum atomic E-state index is 2.50. The molecule has 0 amide bonds. The molecule has 0 unspecified atom stereocenters. The van der Waals surface area contributed by atoms with Gasteiger partial charge in [-0.25, -0.2) is 4.57 Å². The first-order valence-corrected chi connectivity index (χ1v) is 11.9. The van der Waals surface area contributed by atoms with Crippen LogP contribution in [0.2, 0.25) is 0 Å². The van der Waals surface area contributed by atoms with Crippen LogP contribution in [0.25, 0.3) is 17.0 Å². The van der Waals surface area contributed by atoms with Crippen LogP contribution in [0.1, 0.15) is 35.6 Å². The van der Waals surface area contributed by atoms with Gasteiger partial charge in [0.1, 0.15) is 7.05 Å². The number of thioether (sulfide) groups is 1. The third kappa shape index (κ3) is 3.72. The van der Waals surface area contributed by atoms with Gasteiger partial charge in [0.25, 0.3) is 0 Å². The third-order valence-corrected chi connectivity index (χ3v) is 7.57. The summed E-state index contributed by atoms with van der Waals surface area (Å²) in [7, 11) is 2.12. The van der Waals surface area contributed by atoms with Crippen LogP contribution < -0.4 is 9.47 Å². The summed E-state index contributed by atoms with van der Waals surface area (Å²) in [6.45, 7) is 7.68. The molecule has 3 heteroatoms. The van der Waals surface area contributed by atoms with Gasteiger partial charge >= 0.3 is 0 Å². The first-order chi connectivity index (χ1) is 15.0. The molecule has 0 saturated carbocycles. The lowest BCUT2D eigenvalue weighted by Gasteiger charge is -2.27. The van der Waals surface area contributed by atoms with Gasteiger partial charge < -0.3 is 4.90 Å². The van der Waals surface area contributed by atoms with E-state index in [1.54, 1.807) is 0 Å². The molecule has 31 heavy (non-hydrogen) atoms. The Bertz CT molecular complexity index is 1280. The first-order valence-electron chi connectivity index (χ1n) is 11.0. The zero-order chi connectivity index (χ0) is 21.5. The molecule has 2 aliphatic heterocycles. The highest BCUT2D eigenvalue weighted by Crippen LogP contribution is 2.49. The monoisotopic (exact) mass is 425 g/mol. The largest absolute Gasteiger partial charge is 0.335 e. The molecule has 0 atom stereocenters. The van der Waals surface area contributed by atoms with Gasteiger partial charge in [0, 0.05) is 23.6 Å². The number of allylic oxidation sites excluding steroid dienone is 4. The summed E-state index contributed by atoms with van der Waals surface area (Å²) in [5, 5.41) is 2.65. The number of nitrogens with zero attached hydrogens (tertiary/aromatic N) is 2. The van der Waals surface area contributed by atoms with E-state index in [0.29, 0.717) is 0 Å². The second kappa shape index (κ2) is 8.05. The van der Waals surface area contributed by atoms with Gasteiger partial charge in [-0.15, -0.1) is 0 Å². The summed E-state index contributed by atoms with van der Waals surface area (Å²) in [4.78, 5) is 3.90. The van der Waals surface area contributed by atoms with E-state index in [4.69, 9.17) is 0 Å². The van der Waals surface area contributed by atoms with Gasteiger partial charge in [-0.1, -0.05) is 47.7 Å². The number of aryl methyl sites for hydroxylation is 4. The second-order valence-corrected chi connectivity index (χ2v) is 9.77. The van der Waals surface area contributed by atoms with E-state index in [9.17, 15) is 0 Å². The molecule has 3 heterocycles. The minimum Gasteiger partial charge on any atom is -0.335 e. The summed E-state index contributed by atoms with van der Waals surface area (Å²) in [6, 6.07) is 13.5. The van der Waals surface area contributed by atoms with E-state index in [1.165, 1.54) is 67.2 Å². The third-order valence-electron chi connectivity index (χ3n) is 6.46. The fourth-order valence-corrected chi connectivity index (χ4v) is 5.66. The van der Waals surface area contributed by atoms with Crippen molar-refractivity contribution >= 4 is 34.4 Å².